The molecule has 1 atom stereocenters. The summed E-state index contributed by atoms with van der Waals surface area (Å²) in [6.07, 6.45) is 1.63. The Bertz CT molecular complexity index is 756. The highest BCUT2D eigenvalue weighted by Gasteiger charge is 2.15. The molecule has 2 amide bonds. The number of aryl methyl sites for hydroxylation is 2. The largest absolute Gasteiger partial charge is 0.394 e. The number of halogens is 1. The van der Waals surface area contributed by atoms with Crippen LogP contribution in [-0.4, -0.2) is 22.3 Å². The van der Waals surface area contributed by atoms with E-state index in [0.29, 0.717) is 16.1 Å². The van der Waals surface area contributed by atoms with Crippen molar-refractivity contribution in [2.75, 3.05) is 11.9 Å². The maximum atomic E-state index is 12.1. The average Bonchev–Trinajstić information content (AvgIpc) is 2.54. The van der Waals surface area contributed by atoms with Crippen molar-refractivity contribution in [3.63, 3.8) is 0 Å². The predicted octanol–water partition coefficient (Wildman–Crippen LogP) is 2.20. The second-order valence-corrected chi connectivity index (χ2v) is 5.61. The number of nitrogens with one attached hydrogen (secondary N) is 2. The van der Waals surface area contributed by atoms with Crippen LogP contribution in [-0.2, 0) is 7.05 Å². The minimum atomic E-state index is -0.597. The van der Waals surface area contributed by atoms with Gasteiger partial charge in [-0.2, -0.15) is 0 Å². The Kier molecular flexibility index (Phi) is 5.41. The summed E-state index contributed by atoms with van der Waals surface area (Å²) in [5.74, 6) is 0. The first kappa shape index (κ1) is 17.1. The van der Waals surface area contributed by atoms with E-state index < -0.39 is 12.1 Å². The van der Waals surface area contributed by atoms with E-state index in [0.717, 1.165) is 0 Å². The summed E-state index contributed by atoms with van der Waals surface area (Å²) in [6.45, 7) is 1.46. The van der Waals surface area contributed by atoms with Crippen molar-refractivity contribution in [3.8, 4) is 0 Å². The van der Waals surface area contributed by atoms with Crippen molar-refractivity contribution in [2.45, 2.75) is 13.0 Å². The number of benzene rings is 1. The smallest absolute Gasteiger partial charge is 0.319 e. The molecule has 23 heavy (non-hydrogen) atoms. The molecular formula is C16H18ClN3O3. The standard InChI is InChI=1S/C16H18ClN3O3/c1-10-7-8-20(2)15(22)14(10)19-16(23)18-13(9-21)11-3-5-12(17)6-4-11/h3-8,13,21H,9H2,1-2H3,(H2,18,19,23). The van der Waals surface area contributed by atoms with Crippen molar-refractivity contribution in [3.05, 3.63) is 63.0 Å². The Morgan fingerprint density at radius 2 is 1.96 bits per heavy atom. The lowest BCUT2D eigenvalue weighted by Crippen LogP contribution is -2.36. The first-order valence-corrected chi connectivity index (χ1v) is 7.40. The van der Waals surface area contributed by atoms with Gasteiger partial charge >= 0.3 is 6.03 Å². The maximum Gasteiger partial charge on any atom is 0.319 e. The highest BCUT2D eigenvalue weighted by atomic mass is 35.5. The number of urea groups is 1. The highest BCUT2D eigenvalue weighted by molar-refractivity contribution is 6.30. The Labute approximate surface area is 138 Å². The summed E-state index contributed by atoms with van der Waals surface area (Å²) in [7, 11) is 1.61. The fourth-order valence-electron chi connectivity index (χ4n) is 2.11. The minimum Gasteiger partial charge on any atom is -0.394 e. The van der Waals surface area contributed by atoms with Crippen LogP contribution in [0, 0.1) is 6.92 Å². The Hall–Kier alpha value is -2.31. The highest BCUT2D eigenvalue weighted by Crippen LogP contribution is 2.16. The second-order valence-electron chi connectivity index (χ2n) is 5.17. The van der Waals surface area contributed by atoms with E-state index in [2.05, 4.69) is 10.6 Å². The number of aromatic nitrogens is 1. The Balaban J connectivity index is 2.14. The third kappa shape index (κ3) is 4.12. The molecule has 0 radical (unpaired) electrons. The minimum absolute atomic E-state index is 0.209. The number of aliphatic hydroxyl groups is 1. The molecule has 0 aliphatic rings. The molecule has 3 N–H and O–H groups in total. The van der Waals surface area contributed by atoms with Crippen LogP contribution in [0.4, 0.5) is 10.5 Å². The zero-order valence-corrected chi connectivity index (χ0v) is 13.6. The Morgan fingerprint density at radius 3 is 2.57 bits per heavy atom. The van der Waals surface area contributed by atoms with Gasteiger partial charge in [0.2, 0.25) is 0 Å². The van der Waals surface area contributed by atoms with Crippen LogP contribution >= 0.6 is 11.6 Å². The van der Waals surface area contributed by atoms with Crippen LogP contribution in [0.2, 0.25) is 5.02 Å². The van der Waals surface area contributed by atoms with Crippen molar-refractivity contribution >= 4 is 23.3 Å². The normalized spacial score (nSPS) is 11.8. The number of hydrogen-bond donors (Lipinski definition) is 3. The zero-order valence-electron chi connectivity index (χ0n) is 12.8. The molecule has 0 spiro atoms. The van der Waals surface area contributed by atoms with Gasteiger partial charge in [-0.15, -0.1) is 0 Å². The lowest BCUT2D eigenvalue weighted by molar-refractivity contribution is 0.225. The van der Waals surface area contributed by atoms with E-state index in [4.69, 9.17) is 11.6 Å². The molecule has 0 saturated heterocycles. The number of hydrogen-bond acceptors (Lipinski definition) is 3. The lowest BCUT2D eigenvalue weighted by atomic mass is 10.1. The van der Waals surface area contributed by atoms with Crippen molar-refractivity contribution < 1.29 is 9.90 Å². The molecule has 6 nitrogen and oxygen atoms in total. The van der Waals surface area contributed by atoms with Crippen LogP contribution in [0.1, 0.15) is 17.2 Å². The molecule has 7 heteroatoms. The molecule has 1 heterocycles. The van der Waals surface area contributed by atoms with Crippen LogP contribution < -0.4 is 16.2 Å². The van der Waals surface area contributed by atoms with Crippen LogP contribution in [0.3, 0.4) is 0 Å². The van der Waals surface area contributed by atoms with Gasteiger partial charge in [0.1, 0.15) is 5.69 Å². The topological polar surface area (TPSA) is 83.4 Å². The monoisotopic (exact) mass is 335 g/mol. The molecule has 2 aromatic rings. The molecule has 0 saturated carbocycles. The van der Waals surface area contributed by atoms with Crippen molar-refractivity contribution in [2.24, 2.45) is 7.05 Å². The predicted molar refractivity (Wildman–Crippen MR) is 89.9 cm³/mol. The number of amides is 2. The molecule has 0 aliphatic heterocycles. The van der Waals surface area contributed by atoms with E-state index in [-0.39, 0.29) is 17.9 Å². The molecule has 0 bridgehead atoms. The van der Waals surface area contributed by atoms with Gasteiger partial charge < -0.3 is 20.3 Å². The SMILES string of the molecule is Cc1ccn(C)c(=O)c1NC(=O)NC(CO)c1ccc(Cl)cc1. The maximum absolute atomic E-state index is 12.1. The molecule has 1 unspecified atom stereocenters. The van der Waals surface area contributed by atoms with Gasteiger partial charge in [-0.1, -0.05) is 23.7 Å². The third-order valence-electron chi connectivity index (χ3n) is 3.48. The quantitative estimate of drug-likeness (QED) is 0.801. The molecule has 0 aliphatic carbocycles. The molecule has 2 rings (SSSR count). The number of nitrogens with zero attached hydrogens (tertiary/aromatic N) is 1. The summed E-state index contributed by atoms with van der Waals surface area (Å²) >= 11 is 5.82. The summed E-state index contributed by atoms with van der Waals surface area (Å²) in [4.78, 5) is 24.2. The number of anilines is 1. The van der Waals surface area contributed by atoms with E-state index in [1.54, 1.807) is 50.5 Å². The third-order valence-corrected chi connectivity index (χ3v) is 3.73. The van der Waals surface area contributed by atoms with Gasteiger partial charge in [0.15, 0.2) is 0 Å². The fourth-order valence-corrected chi connectivity index (χ4v) is 2.24. The molecule has 1 aromatic heterocycles. The summed E-state index contributed by atoms with van der Waals surface area (Å²) in [6, 6.07) is 7.37. The average molecular weight is 336 g/mol. The lowest BCUT2D eigenvalue weighted by Gasteiger charge is -2.18. The van der Waals surface area contributed by atoms with Crippen molar-refractivity contribution in [1.82, 2.24) is 9.88 Å². The first-order chi connectivity index (χ1) is 10.9. The van der Waals surface area contributed by atoms with E-state index in [9.17, 15) is 14.7 Å². The number of aliphatic hydroxyl groups excluding tert-OH is 1. The summed E-state index contributed by atoms with van der Waals surface area (Å²) in [5.41, 5.74) is 1.28. The Morgan fingerprint density at radius 1 is 1.30 bits per heavy atom. The van der Waals surface area contributed by atoms with Gasteiger partial charge in [-0.25, -0.2) is 4.79 Å². The van der Waals surface area contributed by atoms with E-state index in [1.165, 1.54) is 4.57 Å². The number of rotatable bonds is 4. The number of carbonyl (C=O) groups is 1. The van der Waals surface area contributed by atoms with E-state index >= 15 is 0 Å². The van der Waals surface area contributed by atoms with Gasteiger partial charge in [-0.05, 0) is 36.2 Å². The van der Waals surface area contributed by atoms with Gasteiger partial charge in [0.05, 0.1) is 12.6 Å². The van der Waals surface area contributed by atoms with Gasteiger partial charge in [0, 0.05) is 18.3 Å². The van der Waals surface area contributed by atoms with Crippen LogP contribution in [0.5, 0.6) is 0 Å². The second kappa shape index (κ2) is 7.30. The number of carbonyl (C=O) groups excluding carboxylic acids is 1. The fraction of sp³-hybridized carbons (Fsp3) is 0.250. The van der Waals surface area contributed by atoms with Crippen LogP contribution in [0.25, 0.3) is 0 Å². The van der Waals surface area contributed by atoms with Gasteiger partial charge in [-0.3, -0.25) is 4.79 Å². The zero-order chi connectivity index (χ0) is 17.0. The first-order valence-electron chi connectivity index (χ1n) is 7.02. The van der Waals surface area contributed by atoms with Crippen molar-refractivity contribution in [1.29, 1.82) is 0 Å². The molecular weight excluding hydrogens is 318 g/mol. The van der Waals surface area contributed by atoms with Crippen LogP contribution in [0.15, 0.2) is 41.3 Å². The summed E-state index contributed by atoms with van der Waals surface area (Å²) < 4.78 is 1.38. The molecule has 122 valence electrons. The number of pyridine rings is 1. The van der Waals surface area contributed by atoms with E-state index in [1.807, 2.05) is 0 Å². The molecule has 1 aromatic carbocycles. The summed E-state index contributed by atoms with van der Waals surface area (Å²) in [5, 5.41) is 15.2. The van der Waals surface area contributed by atoms with Gasteiger partial charge in [0.25, 0.3) is 5.56 Å². The molecule has 0 fully saturated rings.